The molecule has 0 radical (unpaired) electrons. The fourth-order valence-electron chi connectivity index (χ4n) is 2.35. The first-order valence-electron chi connectivity index (χ1n) is 7.69. The minimum atomic E-state index is -0.932. The van der Waals surface area contributed by atoms with Crippen molar-refractivity contribution in [2.45, 2.75) is 45.3 Å². The third-order valence-electron chi connectivity index (χ3n) is 3.70. The van der Waals surface area contributed by atoms with Crippen LogP contribution in [-0.2, 0) is 9.53 Å². The molecule has 2 atom stereocenters. The van der Waals surface area contributed by atoms with E-state index in [9.17, 15) is 9.59 Å². The molecule has 1 aliphatic heterocycles. The molecule has 2 amide bonds. The van der Waals surface area contributed by atoms with Crippen molar-refractivity contribution in [3.63, 3.8) is 0 Å². The number of hydrogen-bond donors (Lipinski definition) is 3. The van der Waals surface area contributed by atoms with Crippen molar-refractivity contribution in [1.29, 1.82) is 0 Å². The van der Waals surface area contributed by atoms with E-state index in [4.69, 9.17) is 9.84 Å². The van der Waals surface area contributed by atoms with Gasteiger partial charge in [-0.05, 0) is 38.9 Å². The lowest BCUT2D eigenvalue weighted by molar-refractivity contribution is -0.149. The Morgan fingerprint density at radius 2 is 1.95 bits per heavy atom. The lowest BCUT2D eigenvalue weighted by atomic mass is 10.2. The minimum absolute atomic E-state index is 0.201. The average molecular weight is 301 g/mol. The van der Waals surface area contributed by atoms with E-state index in [0.717, 1.165) is 26.1 Å². The number of aliphatic carboxylic acids is 1. The van der Waals surface area contributed by atoms with Crippen LogP contribution in [0.5, 0.6) is 0 Å². The molecule has 1 rings (SSSR count). The van der Waals surface area contributed by atoms with E-state index < -0.39 is 12.1 Å². The topological polar surface area (TPSA) is 90.9 Å². The van der Waals surface area contributed by atoms with Gasteiger partial charge in [0.2, 0.25) is 0 Å². The number of carboxylic acids is 1. The number of carboxylic acid groups (broad SMARTS) is 1. The Balaban J connectivity index is 2.05. The molecule has 1 fully saturated rings. The van der Waals surface area contributed by atoms with Crippen LogP contribution in [0, 0.1) is 0 Å². The summed E-state index contributed by atoms with van der Waals surface area (Å²) in [6.45, 7) is 8.24. The minimum Gasteiger partial charge on any atom is -0.479 e. The molecule has 1 heterocycles. The molecule has 21 heavy (non-hydrogen) atoms. The summed E-state index contributed by atoms with van der Waals surface area (Å²) in [5, 5.41) is 14.3. The quantitative estimate of drug-likeness (QED) is 0.544. The van der Waals surface area contributed by atoms with Crippen LogP contribution in [0.4, 0.5) is 4.79 Å². The zero-order valence-corrected chi connectivity index (χ0v) is 12.9. The first-order valence-corrected chi connectivity index (χ1v) is 7.69. The summed E-state index contributed by atoms with van der Waals surface area (Å²) in [7, 11) is 0. The van der Waals surface area contributed by atoms with Crippen molar-refractivity contribution >= 4 is 12.0 Å². The number of amides is 2. The fourth-order valence-corrected chi connectivity index (χ4v) is 2.35. The average Bonchev–Trinajstić information content (AvgIpc) is 2.94. The molecular weight excluding hydrogens is 274 g/mol. The number of urea groups is 1. The number of nitrogens with one attached hydrogen (secondary N) is 2. The maximum atomic E-state index is 11.6. The van der Waals surface area contributed by atoms with E-state index in [2.05, 4.69) is 29.4 Å². The highest BCUT2D eigenvalue weighted by Gasteiger charge is 2.30. The van der Waals surface area contributed by atoms with Gasteiger partial charge in [-0.1, -0.05) is 13.8 Å². The van der Waals surface area contributed by atoms with Gasteiger partial charge in [-0.2, -0.15) is 0 Å². The Hall–Kier alpha value is -1.34. The number of carbonyl (C=O) groups is 2. The molecule has 2 unspecified atom stereocenters. The lowest BCUT2D eigenvalue weighted by Gasteiger charge is -2.18. The smallest absolute Gasteiger partial charge is 0.332 e. The monoisotopic (exact) mass is 301 g/mol. The highest BCUT2D eigenvalue weighted by Crippen LogP contribution is 2.18. The third kappa shape index (κ3) is 6.77. The van der Waals surface area contributed by atoms with Crippen LogP contribution in [0.3, 0.4) is 0 Å². The summed E-state index contributed by atoms with van der Waals surface area (Å²) < 4.78 is 5.31. The second kappa shape index (κ2) is 9.57. The van der Waals surface area contributed by atoms with E-state index in [0.29, 0.717) is 25.9 Å². The van der Waals surface area contributed by atoms with Crippen molar-refractivity contribution in [1.82, 2.24) is 15.5 Å². The van der Waals surface area contributed by atoms with Gasteiger partial charge < -0.3 is 25.4 Å². The largest absolute Gasteiger partial charge is 0.479 e. The summed E-state index contributed by atoms with van der Waals surface area (Å²) in [4.78, 5) is 24.6. The van der Waals surface area contributed by atoms with Crippen molar-refractivity contribution in [3.8, 4) is 0 Å². The molecule has 0 bridgehead atoms. The molecular formula is C14H27N3O4. The Kier molecular flexibility index (Phi) is 8.07. The molecule has 1 aliphatic rings. The summed E-state index contributed by atoms with van der Waals surface area (Å²) >= 11 is 0. The number of ether oxygens (including phenoxy) is 1. The van der Waals surface area contributed by atoms with E-state index in [1.165, 1.54) is 0 Å². The zero-order valence-electron chi connectivity index (χ0n) is 12.9. The Morgan fingerprint density at radius 1 is 1.24 bits per heavy atom. The van der Waals surface area contributed by atoms with Gasteiger partial charge in [0.05, 0.1) is 6.10 Å². The standard InChI is InChI=1S/C14H27N3O4/c1-3-17(4-2)9-5-8-15-14(20)16-10-11-6-7-12(21-11)13(18)19/h11-12H,3-10H2,1-2H3,(H,18,19)(H2,15,16,20). The molecule has 3 N–H and O–H groups in total. The third-order valence-corrected chi connectivity index (χ3v) is 3.70. The van der Waals surface area contributed by atoms with E-state index in [1.807, 2.05) is 0 Å². The molecule has 0 aromatic carbocycles. The molecule has 0 aromatic rings. The zero-order chi connectivity index (χ0) is 15.7. The molecule has 1 saturated heterocycles. The highest BCUT2D eigenvalue weighted by atomic mass is 16.5. The predicted octanol–water partition coefficient (Wildman–Crippen LogP) is 0.650. The van der Waals surface area contributed by atoms with Crippen LogP contribution in [0.1, 0.15) is 33.1 Å². The van der Waals surface area contributed by atoms with Crippen molar-refractivity contribution in [3.05, 3.63) is 0 Å². The van der Waals surface area contributed by atoms with Gasteiger partial charge in [-0.3, -0.25) is 0 Å². The van der Waals surface area contributed by atoms with Crippen LogP contribution in [-0.4, -0.2) is 66.9 Å². The molecule has 0 saturated carbocycles. The van der Waals surface area contributed by atoms with Gasteiger partial charge >= 0.3 is 12.0 Å². The SMILES string of the molecule is CCN(CC)CCCNC(=O)NCC1CCC(C(=O)O)O1. The molecule has 0 aliphatic carbocycles. The summed E-state index contributed by atoms with van der Waals surface area (Å²) in [6.07, 6.45) is 1.16. The van der Waals surface area contributed by atoms with Gasteiger partial charge in [-0.25, -0.2) is 9.59 Å². The summed E-state index contributed by atoms with van der Waals surface area (Å²) in [5.41, 5.74) is 0. The first-order chi connectivity index (χ1) is 10.1. The number of hydrogen-bond acceptors (Lipinski definition) is 4. The Labute approximate surface area is 126 Å². The molecule has 7 heteroatoms. The normalized spacial score (nSPS) is 21.5. The van der Waals surface area contributed by atoms with Crippen molar-refractivity contribution in [2.24, 2.45) is 0 Å². The first kappa shape index (κ1) is 17.7. The number of carbonyl (C=O) groups excluding carboxylic acids is 1. The Bertz CT molecular complexity index is 334. The van der Waals surface area contributed by atoms with E-state index in [1.54, 1.807) is 0 Å². The second-order valence-electron chi connectivity index (χ2n) is 5.18. The van der Waals surface area contributed by atoms with Crippen LogP contribution >= 0.6 is 0 Å². The van der Waals surface area contributed by atoms with Crippen molar-refractivity contribution in [2.75, 3.05) is 32.7 Å². The van der Waals surface area contributed by atoms with E-state index in [-0.39, 0.29) is 12.1 Å². The summed E-state index contributed by atoms with van der Waals surface area (Å²) in [5.74, 6) is -0.932. The van der Waals surface area contributed by atoms with Gasteiger partial charge in [0.25, 0.3) is 0 Å². The highest BCUT2D eigenvalue weighted by molar-refractivity contribution is 5.74. The van der Waals surface area contributed by atoms with Crippen LogP contribution in [0.25, 0.3) is 0 Å². The van der Waals surface area contributed by atoms with Crippen LogP contribution in [0.2, 0.25) is 0 Å². The molecule has 7 nitrogen and oxygen atoms in total. The Morgan fingerprint density at radius 3 is 2.52 bits per heavy atom. The molecule has 0 spiro atoms. The van der Waals surface area contributed by atoms with E-state index >= 15 is 0 Å². The van der Waals surface area contributed by atoms with Gasteiger partial charge in [0.1, 0.15) is 0 Å². The predicted molar refractivity (Wildman–Crippen MR) is 79.3 cm³/mol. The maximum absolute atomic E-state index is 11.6. The van der Waals surface area contributed by atoms with Crippen LogP contribution in [0.15, 0.2) is 0 Å². The van der Waals surface area contributed by atoms with Gasteiger partial charge in [-0.15, -0.1) is 0 Å². The fraction of sp³-hybridized carbons (Fsp3) is 0.857. The number of nitrogens with zero attached hydrogens (tertiary/aromatic N) is 1. The number of rotatable bonds is 9. The van der Waals surface area contributed by atoms with Crippen LogP contribution < -0.4 is 10.6 Å². The lowest BCUT2D eigenvalue weighted by Crippen LogP contribution is -2.41. The molecule has 0 aromatic heterocycles. The maximum Gasteiger partial charge on any atom is 0.332 e. The second-order valence-corrected chi connectivity index (χ2v) is 5.18. The summed E-state index contributed by atoms with van der Waals surface area (Å²) in [6, 6.07) is -0.225. The van der Waals surface area contributed by atoms with Crippen molar-refractivity contribution < 1.29 is 19.4 Å². The molecule has 122 valence electrons. The van der Waals surface area contributed by atoms with Gasteiger partial charge in [0, 0.05) is 13.1 Å². The van der Waals surface area contributed by atoms with Gasteiger partial charge in [0.15, 0.2) is 6.10 Å².